The van der Waals surface area contributed by atoms with Crippen molar-refractivity contribution < 1.29 is 18.7 Å². The summed E-state index contributed by atoms with van der Waals surface area (Å²) in [4.78, 5) is 16.4. The van der Waals surface area contributed by atoms with Gasteiger partial charge in [0.15, 0.2) is 6.61 Å². The second kappa shape index (κ2) is 8.30. The van der Waals surface area contributed by atoms with E-state index < -0.39 is 5.97 Å². The van der Waals surface area contributed by atoms with Gasteiger partial charge in [-0.2, -0.15) is 0 Å². The summed E-state index contributed by atoms with van der Waals surface area (Å²) in [5.41, 5.74) is 2.76. The SMILES string of the molecule is Cc1oc(-c2ccccc2)nc1COC(=O)COc1ccc(C(C)(C)C)cc1. The molecule has 1 aromatic heterocycles. The molecule has 0 amide bonds. The van der Waals surface area contributed by atoms with Crippen LogP contribution in [0.15, 0.2) is 59.0 Å². The van der Waals surface area contributed by atoms with Gasteiger partial charge in [0.2, 0.25) is 5.89 Å². The number of carbonyl (C=O) groups is 1. The van der Waals surface area contributed by atoms with Gasteiger partial charge in [0.05, 0.1) is 0 Å². The number of rotatable bonds is 6. The largest absolute Gasteiger partial charge is 0.482 e. The quantitative estimate of drug-likeness (QED) is 0.560. The van der Waals surface area contributed by atoms with Crippen molar-refractivity contribution in [3.63, 3.8) is 0 Å². The fourth-order valence-corrected chi connectivity index (χ4v) is 2.65. The van der Waals surface area contributed by atoms with Crippen molar-refractivity contribution in [1.29, 1.82) is 0 Å². The summed E-state index contributed by atoms with van der Waals surface area (Å²) in [5, 5.41) is 0. The van der Waals surface area contributed by atoms with Crippen LogP contribution in [-0.2, 0) is 21.6 Å². The van der Waals surface area contributed by atoms with Crippen molar-refractivity contribution in [2.24, 2.45) is 0 Å². The molecule has 5 heteroatoms. The number of carbonyl (C=O) groups excluding carboxylic acids is 1. The van der Waals surface area contributed by atoms with Crippen LogP contribution < -0.4 is 4.74 Å². The molecule has 0 unspecified atom stereocenters. The Balaban J connectivity index is 1.51. The summed E-state index contributed by atoms with van der Waals surface area (Å²) in [6.07, 6.45) is 0. The molecule has 0 N–H and O–H groups in total. The normalized spacial score (nSPS) is 11.3. The van der Waals surface area contributed by atoms with Gasteiger partial charge in [-0.1, -0.05) is 51.1 Å². The topological polar surface area (TPSA) is 61.6 Å². The van der Waals surface area contributed by atoms with E-state index in [1.54, 1.807) is 6.92 Å². The zero-order valence-electron chi connectivity index (χ0n) is 16.7. The lowest BCUT2D eigenvalue weighted by Gasteiger charge is -2.19. The van der Waals surface area contributed by atoms with Crippen molar-refractivity contribution in [2.75, 3.05) is 6.61 Å². The summed E-state index contributed by atoms with van der Waals surface area (Å²) in [5.74, 6) is 1.32. The molecule has 0 bridgehead atoms. The van der Waals surface area contributed by atoms with E-state index in [0.29, 0.717) is 23.1 Å². The third-order valence-corrected chi connectivity index (χ3v) is 4.36. The van der Waals surface area contributed by atoms with Crippen LogP contribution in [0.5, 0.6) is 5.75 Å². The molecule has 0 aliphatic heterocycles. The Morgan fingerprint density at radius 1 is 1.04 bits per heavy atom. The van der Waals surface area contributed by atoms with E-state index in [9.17, 15) is 4.79 Å². The van der Waals surface area contributed by atoms with Crippen molar-refractivity contribution in [3.05, 3.63) is 71.6 Å². The fourth-order valence-electron chi connectivity index (χ4n) is 2.65. The van der Waals surface area contributed by atoms with Gasteiger partial charge in [-0.15, -0.1) is 0 Å². The predicted molar refractivity (Wildman–Crippen MR) is 107 cm³/mol. The zero-order chi connectivity index (χ0) is 20.1. The van der Waals surface area contributed by atoms with Gasteiger partial charge in [-0.05, 0) is 42.2 Å². The molecule has 5 nitrogen and oxygen atoms in total. The molecule has 0 saturated carbocycles. The maximum absolute atomic E-state index is 12.0. The average Bonchev–Trinajstić information content (AvgIpc) is 3.06. The molecule has 1 heterocycles. The predicted octanol–water partition coefficient (Wildman–Crippen LogP) is 5.07. The molecule has 28 heavy (non-hydrogen) atoms. The lowest BCUT2D eigenvalue weighted by Crippen LogP contribution is -2.15. The van der Waals surface area contributed by atoms with E-state index in [1.807, 2.05) is 54.6 Å². The first-order valence-electron chi connectivity index (χ1n) is 9.23. The number of hydrogen-bond acceptors (Lipinski definition) is 5. The lowest BCUT2D eigenvalue weighted by molar-refractivity contribution is -0.147. The number of hydrogen-bond donors (Lipinski definition) is 0. The number of benzene rings is 2. The minimum absolute atomic E-state index is 0.0489. The summed E-state index contributed by atoms with van der Waals surface area (Å²) in [6, 6.07) is 17.3. The number of aryl methyl sites for hydroxylation is 1. The molecule has 0 aliphatic carbocycles. The summed E-state index contributed by atoms with van der Waals surface area (Å²) >= 11 is 0. The van der Waals surface area contributed by atoms with Crippen LogP contribution in [0.4, 0.5) is 0 Å². The fraction of sp³-hybridized carbons (Fsp3) is 0.304. The first-order valence-corrected chi connectivity index (χ1v) is 9.23. The highest BCUT2D eigenvalue weighted by Crippen LogP contribution is 2.24. The number of esters is 1. The third kappa shape index (κ3) is 5.00. The second-order valence-corrected chi connectivity index (χ2v) is 7.61. The maximum Gasteiger partial charge on any atom is 0.344 e. The minimum Gasteiger partial charge on any atom is -0.482 e. The minimum atomic E-state index is -0.455. The van der Waals surface area contributed by atoms with Gasteiger partial charge in [0, 0.05) is 5.56 Å². The molecule has 0 radical (unpaired) electrons. The van der Waals surface area contributed by atoms with Gasteiger partial charge in [-0.25, -0.2) is 9.78 Å². The van der Waals surface area contributed by atoms with Gasteiger partial charge < -0.3 is 13.9 Å². The average molecular weight is 379 g/mol. The van der Waals surface area contributed by atoms with Crippen molar-refractivity contribution in [2.45, 2.75) is 39.7 Å². The van der Waals surface area contributed by atoms with Crippen molar-refractivity contribution in [1.82, 2.24) is 4.98 Å². The summed E-state index contributed by atoms with van der Waals surface area (Å²) in [6.45, 7) is 8.14. The molecule has 146 valence electrons. The molecular formula is C23H25NO4. The van der Waals surface area contributed by atoms with Crippen LogP contribution in [-0.4, -0.2) is 17.6 Å². The Labute approximate surface area is 165 Å². The number of aromatic nitrogens is 1. The Bertz CT molecular complexity index is 921. The Morgan fingerprint density at radius 2 is 1.71 bits per heavy atom. The van der Waals surface area contributed by atoms with Crippen molar-refractivity contribution in [3.8, 4) is 17.2 Å². The molecule has 0 spiro atoms. The molecule has 0 atom stereocenters. The lowest BCUT2D eigenvalue weighted by atomic mass is 9.87. The van der Waals surface area contributed by atoms with E-state index in [2.05, 4.69) is 25.8 Å². The van der Waals surface area contributed by atoms with Gasteiger partial charge in [0.25, 0.3) is 0 Å². The highest BCUT2D eigenvalue weighted by molar-refractivity contribution is 5.71. The smallest absolute Gasteiger partial charge is 0.344 e. The maximum atomic E-state index is 12.0. The van der Waals surface area contributed by atoms with Crippen LogP contribution in [0.3, 0.4) is 0 Å². The monoisotopic (exact) mass is 379 g/mol. The van der Waals surface area contributed by atoms with E-state index >= 15 is 0 Å². The second-order valence-electron chi connectivity index (χ2n) is 7.61. The molecule has 2 aromatic carbocycles. The highest BCUT2D eigenvalue weighted by atomic mass is 16.6. The van der Waals surface area contributed by atoms with E-state index in [1.165, 1.54) is 5.56 Å². The van der Waals surface area contributed by atoms with E-state index in [-0.39, 0.29) is 18.6 Å². The Kier molecular flexibility index (Phi) is 5.83. The molecule has 0 fully saturated rings. The first-order chi connectivity index (χ1) is 13.3. The molecule has 3 rings (SSSR count). The van der Waals surface area contributed by atoms with Crippen LogP contribution in [0.1, 0.15) is 37.8 Å². The van der Waals surface area contributed by atoms with Crippen LogP contribution in [0.2, 0.25) is 0 Å². The van der Waals surface area contributed by atoms with E-state index in [0.717, 1.165) is 5.56 Å². The Hall–Kier alpha value is -3.08. The van der Waals surface area contributed by atoms with Gasteiger partial charge in [0.1, 0.15) is 23.8 Å². The standard InChI is InChI=1S/C23H25NO4/c1-16-20(24-22(28-16)17-8-6-5-7-9-17)14-27-21(25)15-26-19-12-10-18(11-13-19)23(2,3)4/h5-13H,14-15H2,1-4H3. The van der Waals surface area contributed by atoms with Gasteiger partial charge >= 0.3 is 5.97 Å². The Morgan fingerprint density at radius 3 is 2.36 bits per heavy atom. The van der Waals surface area contributed by atoms with Crippen molar-refractivity contribution >= 4 is 5.97 Å². The number of nitrogens with zero attached hydrogens (tertiary/aromatic N) is 1. The first kappa shape index (κ1) is 19.7. The van der Waals surface area contributed by atoms with Crippen LogP contribution >= 0.6 is 0 Å². The van der Waals surface area contributed by atoms with Crippen LogP contribution in [0, 0.1) is 6.92 Å². The molecule has 0 aliphatic rings. The highest BCUT2D eigenvalue weighted by Gasteiger charge is 2.15. The van der Waals surface area contributed by atoms with Crippen LogP contribution in [0.25, 0.3) is 11.5 Å². The third-order valence-electron chi connectivity index (χ3n) is 4.36. The van der Waals surface area contributed by atoms with E-state index in [4.69, 9.17) is 13.9 Å². The van der Waals surface area contributed by atoms with Gasteiger partial charge in [-0.3, -0.25) is 0 Å². The molecular weight excluding hydrogens is 354 g/mol. The molecule has 3 aromatic rings. The summed E-state index contributed by atoms with van der Waals surface area (Å²) < 4.78 is 16.4. The zero-order valence-corrected chi connectivity index (χ0v) is 16.7. The summed E-state index contributed by atoms with van der Waals surface area (Å²) in [7, 11) is 0. The number of ether oxygens (including phenoxy) is 2. The number of oxazole rings is 1. The molecule has 0 saturated heterocycles.